The highest BCUT2D eigenvalue weighted by Gasteiger charge is 2.13. The smallest absolute Gasteiger partial charge is 0.224 e. The normalized spacial score (nSPS) is 10.6. The Morgan fingerprint density at radius 1 is 1.04 bits per heavy atom. The summed E-state index contributed by atoms with van der Waals surface area (Å²) in [4.78, 5) is 12.6. The summed E-state index contributed by atoms with van der Waals surface area (Å²) in [5, 5.41) is 10.8. The lowest BCUT2D eigenvalue weighted by molar-refractivity contribution is 0.338. The molecule has 3 aromatic rings. The van der Waals surface area contributed by atoms with Crippen molar-refractivity contribution in [3.63, 3.8) is 0 Å². The zero-order chi connectivity index (χ0) is 17.1. The van der Waals surface area contributed by atoms with Crippen LogP contribution in [-0.2, 0) is 0 Å². The lowest BCUT2D eigenvalue weighted by atomic mass is 10.1. The van der Waals surface area contributed by atoms with E-state index in [0.717, 1.165) is 5.56 Å². The van der Waals surface area contributed by atoms with Crippen LogP contribution in [0.2, 0.25) is 5.02 Å². The predicted octanol–water partition coefficient (Wildman–Crippen LogP) is 3.55. The third-order valence-electron chi connectivity index (χ3n) is 3.28. The molecule has 7 heteroatoms. The summed E-state index contributed by atoms with van der Waals surface area (Å²) in [6.45, 7) is 2.38. The van der Waals surface area contributed by atoms with E-state index in [1.54, 1.807) is 36.4 Å². The third kappa shape index (κ3) is 3.38. The van der Waals surface area contributed by atoms with E-state index >= 15 is 0 Å². The Labute approximate surface area is 143 Å². The van der Waals surface area contributed by atoms with E-state index in [-0.39, 0.29) is 17.5 Å². The second kappa shape index (κ2) is 6.72. The van der Waals surface area contributed by atoms with Gasteiger partial charge >= 0.3 is 0 Å². The van der Waals surface area contributed by atoms with E-state index in [2.05, 4.69) is 15.0 Å². The number of nitrogens with two attached hydrogens (primary N) is 1. The number of hydrogen-bond acceptors (Lipinski definition) is 6. The van der Waals surface area contributed by atoms with Gasteiger partial charge in [-0.25, -0.2) is 4.98 Å². The fourth-order valence-corrected chi connectivity index (χ4v) is 2.32. The van der Waals surface area contributed by atoms with Gasteiger partial charge < -0.3 is 15.6 Å². The average Bonchev–Trinajstić information content (AvgIpc) is 2.55. The van der Waals surface area contributed by atoms with Gasteiger partial charge in [0, 0.05) is 16.7 Å². The molecule has 24 heavy (non-hydrogen) atoms. The number of phenols is 1. The van der Waals surface area contributed by atoms with Crippen LogP contribution in [-0.4, -0.2) is 26.7 Å². The lowest BCUT2D eigenvalue weighted by Crippen LogP contribution is -2.02. The Balaban J connectivity index is 2.04. The maximum absolute atomic E-state index is 10.2. The number of anilines is 1. The minimum atomic E-state index is 0.00797. The van der Waals surface area contributed by atoms with Crippen molar-refractivity contribution in [1.82, 2.24) is 15.0 Å². The Morgan fingerprint density at radius 2 is 1.75 bits per heavy atom. The number of aromatic nitrogens is 3. The van der Waals surface area contributed by atoms with Crippen molar-refractivity contribution < 1.29 is 9.84 Å². The van der Waals surface area contributed by atoms with Crippen LogP contribution < -0.4 is 10.5 Å². The van der Waals surface area contributed by atoms with E-state index in [4.69, 9.17) is 22.1 Å². The number of benzene rings is 2. The highest BCUT2D eigenvalue weighted by molar-refractivity contribution is 6.30. The van der Waals surface area contributed by atoms with E-state index in [1.165, 1.54) is 6.07 Å². The van der Waals surface area contributed by atoms with Crippen LogP contribution in [0.3, 0.4) is 0 Å². The van der Waals surface area contributed by atoms with Gasteiger partial charge in [-0.2, -0.15) is 9.97 Å². The fraction of sp³-hybridized carbons (Fsp3) is 0.118. The molecule has 0 aliphatic carbocycles. The molecule has 3 rings (SSSR count). The van der Waals surface area contributed by atoms with Gasteiger partial charge in [-0.1, -0.05) is 11.6 Å². The van der Waals surface area contributed by atoms with Gasteiger partial charge in [-0.3, -0.25) is 0 Å². The Bertz CT molecular complexity index is 869. The standard InChI is InChI=1S/C17H15ClN4O2/c1-2-24-12-7-8-13(14(23)9-12)16-20-15(21-17(19)22-16)10-3-5-11(18)6-4-10/h3-9,23H,2H2,1H3,(H2,19,20,21,22). The molecule has 0 bridgehead atoms. The average molecular weight is 343 g/mol. The zero-order valence-electron chi connectivity index (χ0n) is 12.9. The molecule has 0 amide bonds. The molecule has 0 radical (unpaired) electrons. The summed E-state index contributed by atoms with van der Waals surface area (Å²) in [5.74, 6) is 1.33. The molecule has 3 N–H and O–H groups in total. The van der Waals surface area contributed by atoms with E-state index in [1.807, 2.05) is 6.92 Å². The molecule has 0 unspecified atom stereocenters. The van der Waals surface area contributed by atoms with E-state index < -0.39 is 0 Å². The first-order valence-corrected chi connectivity index (χ1v) is 7.68. The number of halogens is 1. The summed E-state index contributed by atoms with van der Waals surface area (Å²) in [5.41, 5.74) is 6.99. The Kier molecular flexibility index (Phi) is 4.48. The molecule has 122 valence electrons. The lowest BCUT2D eigenvalue weighted by Gasteiger charge is -2.09. The van der Waals surface area contributed by atoms with Crippen molar-refractivity contribution in [2.45, 2.75) is 6.92 Å². The molecule has 0 saturated carbocycles. The van der Waals surface area contributed by atoms with Crippen molar-refractivity contribution in [2.75, 3.05) is 12.3 Å². The van der Waals surface area contributed by atoms with Gasteiger partial charge in [0.25, 0.3) is 0 Å². The highest BCUT2D eigenvalue weighted by Crippen LogP contribution is 2.31. The fourth-order valence-electron chi connectivity index (χ4n) is 2.20. The minimum absolute atomic E-state index is 0.00797. The molecular weight excluding hydrogens is 328 g/mol. The molecule has 2 aromatic carbocycles. The van der Waals surface area contributed by atoms with Gasteiger partial charge in [0.2, 0.25) is 5.95 Å². The Hall–Kier alpha value is -2.86. The van der Waals surface area contributed by atoms with Crippen LogP contribution in [0.25, 0.3) is 22.8 Å². The number of nitrogens with zero attached hydrogens (tertiary/aromatic N) is 3. The van der Waals surface area contributed by atoms with Crippen molar-refractivity contribution in [2.24, 2.45) is 0 Å². The van der Waals surface area contributed by atoms with Crippen LogP contribution in [0.4, 0.5) is 5.95 Å². The SMILES string of the molecule is CCOc1ccc(-c2nc(N)nc(-c3ccc(Cl)cc3)n2)c(O)c1. The van der Waals surface area contributed by atoms with Crippen molar-refractivity contribution in [1.29, 1.82) is 0 Å². The number of phenolic OH excluding ortho intramolecular Hbond substituents is 1. The summed E-state index contributed by atoms with van der Waals surface area (Å²) in [6.07, 6.45) is 0. The number of ether oxygens (including phenoxy) is 1. The highest BCUT2D eigenvalue weighted by atomic mass is 35.5. The van der Waals surface area contributed by atoms with Gasteiger partial charge in [-0.15, -0.1) is 0 Å². The minimum Gasteiger partial charge on any atom is -0.507 e. The summed E-state index contributed by atoms with van der Waals surface area (Å²) in [7, 11) is 0. The molecule has 0 aliphatic rings. The van der Waals surface area contributed by atoms with Crippen molar-refractivity contribution >= 4 is 17.5 Å². The molecule has 0 aliphatic heterocycles. The van der Waals surface area contributed by atoms with Crippen molar-refractivity contribution in [3.05, 3.63) is 47.5 Å². The van der Waals surface area contributed by atoms with Crippen LogP contribution >= 0.6 is 11.6 Å². The Morgan fingerprint density at radius 3 is 2.42 bits per heavy atom. The maximum atomic E-state index is 10.2. The molecule has 1 aromatic heterocycles. The number of hydrogen-bond donors (Lipinski definition) is 2. The largest absolute Gasteiger partial charge is 0.507 e. The van der Waals surface area contributed by atoms with Gasteiger partial charge in [0.15, 0.2) is 11.6 Å². The van der Waals surface area contributed by atoms with Crippen LogP contribution in [0.1, 0.15) is 6.92 Å². The molecule has 0 fully saturated rings. The summed E-state index contributed by atoms with van der Waals surface area (Å²) >= 11 is 5.90. The molecule has 0 spiro atoms. The first kappa shape index (κ1) is 16.0. The van der Waals surface area contributed by atoms with Crippen molar-refractivity contribution in [3.8, 4) is 34.3 Å². The van der Waals surface area contributed by atoms with E-state index in [0.29, 0.717) is 28.8 Å². The van der Waals surface area contributed by atoms with Crippen LogP contribution in [0, 0.1) is 0 Å². The molecule has 0 atom stereocenters. The maximum Gasteiger partial charge on any atom is 0.224 e. The molecule has 6 nitrogen and oxygen atoms in total. The second-order valence-electron chi connectivity index (χ2n) is 4.96. The monoisotopic (exact) mass is 342 g/mol. The van der Waals surface area contributed by atoms with Crippen LogP contribution in [0.15, 0.2) is 42.5 Å². The van der Waals surface area contributed by atoms with Crippen LogP contribution in [0.5, 0.6) is 11.5 Å². The molecular formula is C17H15ClN4O2. The number of aromatic hydroxyl groups is 1. The van der Waals surface area contributed by atoms with Gasteiger partial charge in [0.05, 0.1) is 12.2 Å². The first-order valence-electron chi connectivity index (χ1n) is 7.30. The summed E-state index contributed by atoms with van der Waals surface area (Å²) in [6, 6.07) is 12.0. The molecule has 0 saturated heterocycles. The van der Waals surface area contributed by atoms with E-state index in [9.17, 15) is 5.11 Å². The topological polar surface area (TPSA) is 94.2 Å². The predicted molar refractivity (Wildman–Crippen MR) is 93.0 cm³/mol. The van der Waals surface area contributed by atoms with Gasteiger partial charge in [-0.05, 0) is 43.3 Å². The molecule has 1 heterocycles. The first-order chi connectivity index (χ1) is 11.6. The number of nitrogen functional groups attached to an aromatic ring is 1. The van der Waals surface area contributed by atoms with Gasteiger partial charge in [0.1, 0.15) is 11.5 Å². The quantitative estimate of drug-likeness (QED) is 0.753. The number of rotatable bonds is 4. The third-order valence-corrected chi connectivity index (χ3v) is 3.53. The second-order valence-corrected chi connectivity index (χ2v) is 5.40. The zero-order valence-corrected chi connectivity index (χ0v) is 13.7. The summed E-state index contributed by atoms with van der Waals surface area (Å²) < 4.78 is 5.36.